The summed E-state index contributed by atoms with van der Waals surface area (Å²) in [4.78, 5) is 48.1. The van der Waals surface area contributed by atoms with Crippen LogP contribution in [0, 0.1) is 10.1 Å². The molecule has 1 unspecified atom stereocenters. The number of hydrogen-bond donors (Lipinski definition) is 1. The van der Waals surface area contributed by atoms with E-state index in [1.54, 1.807) is 12.1 Å². The lowest BCUT2D eigenvalue weighted by atomic mass is 9.78. The summed E-state index contributed by atoms with van der Waals surface area (Å²) in [6.07, 6.45) is 0. The van der Waals surface area contributed by atoms with E-state index in [1.807, 2.05) is 0 Å². The Labute approximate surface area is 161 Å². The number of hydrogen-bond acceptors (Lipinski definition) is 7. The Morgan fingerprint density at radius 2 is 1.70 bits per heavy atom. The fraction of sp³-hybridized carbons (Fsp3) is 0.471. The van der Waals surface area contributed by atoms with Crippen molar-refractivity contribution in [2.75, 3.05) is 19.8 Å². The van der Waals surface area contributed by atoms with Crippen molar-refractivity contribution in [2.45, 2.75) is 32.2 Å². The number of carbonyl (C=O) groups excluding carboxylic acids is 3. The van der Waals surface area contributed by atoms with E-state index < -0.39 is 40.8 Å². The van der Waals surface area contributed by atoms with Crippen LogP contribution in [0.2, 0.25) is 5.02 Å². The number of amides is 1. The van der Waals surface area contributed by atoms with Gasteiger partial charge in [-0.1, -0.05) is 29.8 Å². The van der Waals surface area contributed by atoms with Gasteiger partial charge in [0.25, 0.3) is 0 Å². The molecule has 27 heavy (non-hydrogen) atoms. The summed E-state index contributed by atoms with van der Waals surface area (Å²) < 4.78 is 9.96. The van der Waals surface area contributed by atoms with Crippen molar-refractivity contribution in [1.82, 2.24) is 5.32 Å². The maximum absolute atomic E-state index is 12.8. The Balaban J connectivity index is 3.77. The second-order valence-electron chi connectivity index (χ2n) is 5.52. The maximum Gasteiger partial charge on any atom is 0.344 e. The summed E-state index contributed by atoms with van der Waals surface area (Å²) in [7, 11) is 0. The SMILES string of the molecule is CCOC(=O)C(NC(C)=O)(C(=O)OCC)C(C[N+](=O)[O-])c1ccccc1Cl. The summed E-state index contributed by atoms with van der Waals surface area (Å²) in [6.45, 7) is 2.96. The number of nitro groups is 1. The minimum absolute atomic E-state index is 0.0904. The first kappa shape index (κ1) is 22.4. The Kier molecular flexibility index (Phi) is 8.17. The van der Waals surface area contributed by atoms with Gasteiger partial charge in [0.15, 0.2) is 0 Å². The minimum atomic E-state index is -2.46. The van der Waals surface area contributed by atoms with Gasteiger partial charge in [0, 0.05) is 16.9 Å². The van der Waals surface area contributed by atoms with Crippen molar-refractivity contribution in [1.29, 1.82) is 0 Å². The molecule has 1 aromatic carbocycles. The molecule has 0 aromatic heterocycles. The standard InChI is InChI=1S/C17H21ClN2O7/c1-4-26-15(22)17(19-11(3)21,16(23)27-5-2)13(10-20(24)25)12-8-6-7-9-14(12)18/h6-9,13H,4-5,10H2,1-3H3,(H,19,21). The Bertz CT molecular complexity index is 705. The molecule has 0 saturated carbocycles. The number of nitrogens with zero attached hydrogens (tertiary/aromatic N) is 1. The lowest BCUT2D eigenvalue weighted by molar-refractivity contribution is -0.484. The zero-order valence-electron chi connectivity index (χ0n) is 15.2. The predicted octanol–water partition coefficient (Wildman–Crippen LogP) is 1.70. The smallest absolute Gasteiger partial charge is 0.344 e. The van der Waals surface area contributed by atoms with E-state index in [2.05, 4.69) is 5.32 Å². The summed E-state index contributed by atoms with van der Waals surface area (Å²) in [5.74, 6) is -4.55. The number of nitrogens with one attached hydrogen (secondary N) is 1. The fourth-order valence-corrected chi connectivity index (χ4v) is 2.97. The third kappa shape index (κ3) is 5.16. The number of ether oxygens (including phenoxy) is 2. The van der Waals surface area contributed by atoms with Gasteiger partial charge in [-0.05, 0) is 25.5 Å². The van der Waals surface area contributed by atoms with Crippen molar-refractivity contribution in [2.24, 2.45) is 0 Å². The van der Waals surface area contributed by atoms with Crippen LogP contribution < -0.4 is 5.32 Å². The van der Waals surface area contributed by atoms with Crippen molar-refractivity contribution < 1.29 is 28.8 Å². The Morgan fingerprint density at radius 3 is 2.11 bits per heavy atom. The lowest BCUT2D eigenvalue weighted by Crippen LogP contribution is -2.65. The van der Waals surface area contributed by atoms with E-state index in [4.69, 9.17) is 21.1 Å². The van der Waals surface area contributed by atoms with Crippen molar-refractivity contribution in [3.63, 3.8) is 0 Å². The molecule has 0 spiro atoms. The average molecular weight is 401 g/mol. The van der Waals surface area contributed by atoms with Crippen molar-refractivity contribution in [3.8, 4) is 0 Å². The van der Waals surface area contributed by atoms with Gasteiger partial charge in [-0.15, -0.1) is 0 Å². The van der Waals surface area contributed by atoms with Crippen molar-refractivity contribution in [3.05, 3.63) is 45.0 Å². The molecule has 0 aliphatic rings. The van der Waals surface area contributed by atoms with E-state index in [-0.39, 0.29) is 23.8 Å². The van der Waals surface area contributed by atoms with Gasteiger partial charge < -0.3 is 14.8 Å². The molecule has 0 aliphatic heterocycles. The zero-order valence-corrected chi connectivity index (χ0v) is 15.9. The summed E-state index contributed by atoms with van der Waals surface area (Å²) in [6, 6.07) is 6.02. The predicted molar refractivity (Wildman–Crippen MR) is 95.9 cm³/mol. The molecule has 10 heteroatoms. The van der Waals surface area contributed by atoms with Gasteiger partial charge in [0.1, 0.15) is 0 Å². The Hall–Kier alpha value is -2.68. The molecule has 1 N–H and O–H groups in total. The molecule has 1 amide bonds. The second kappa shape index (κ2) is 9.86. The normalized spacial score (nSPS) is 12.0. The number of rotatable bonds is 9. The number of carbonyl (C=O) groups is 3. The third-order valence-corrected chi connectivity index (χ3v) is 4.05. The molecule has 1 rings (SSSR count). The van der Waals surface area contributed by atoms with Crippen LogP contribution in [0.3, 0.4) is 0 Å². The summed E-state index contributed by atoms with van der Waals surface area (Å²) in [5.41, 5.74) is -2.33. The summed E-state index contributed by atoms with van der Waals surface area (Å²) in [5, 5.41) is 13.7. The van der Waals surface area contributed by atoms with Crippen LogP contribution >= 0.6 is 11.6 Å². The van der Waals surface area contributed by atoms with E-state index in [1.165, 1.54) is 26.0 Å². The molecule has 0 heterocycles. The molecule has 0 radical (unpaired) electrons. The van der Waals surface area contributed by atoms with E-state index in [9.17, 15) is 24.5 Å². The highest BCUT2D eigenvalue weighted by atomic mass is 35.5. The van der Waals surface area contributed by atoms with Crippen LogP contribution in [0.15, 0.2) is 24.3 Å². The van der Waals surface area contributed by atoms with Gasteiger partial charge in [-0.2, -0.15) is 0 Å². The molecule has 9 nitrogen and oxygen atoms in total. The quantitative estimate of drug-likeness (QED) is 0.289. The topological polar surface area (TPSA) is 125 Å². The minimum Gasteiger partial charge on any atom is -0.464 e. The molecular formula is C17H21ClN2O7. The van der Waals surface area contributed by atoms with Gasteiger partial charge in [-0.25, -0.2) is 9.59 Å². The molecular weight excluding hydrogens is 380 g/mol. The highest BCUT2D eigenvalue weighted by Crippen LogP contribution is 2.35. The molecule has 1 aromatic rings. The van der Waals surface area contributed by atoms with Gasteiger partial charge >= 0.3 is 11.9 Å². The Morgan fingerprint density at radius 1 is 1.19 bits per heavy atom. The fourth-order valence-electron chi connectivity index (χ4n) is 2.70. The lowest BCUT2D eigenvalue weighted by Gasteiger charge is -2.35. The van der Waals surface area contributed by atoms with E-state index in [0.717, 1.165) is 6.92 Å². The molecule has 0 saturated heterocycles. The number of benzene rings is 1. The molecule has 0 aliphatic carbocycles. The van der Waals surface area contributed by atoms with Crippen LogP contribution in [0.4, 0.5) is 0 Å². The summed E-state index contributed by atoms with van der Waals surface area (Å²) >= 11 is 6.17. The van der Waals surface area contributed by atoms with E-state index in [0.29, 0.717) is 0 Å². The molecule has 0 bridgehead atoms. The van der Waals surface area contributed by atoms with Crippen LogP contribution in [0.25, 0.3) is 0 Å². The van der Waals surface area contributed by atoms with Crippen LogP contribution in [0.1, 0.15) is 32.3 Å². The van der Waals surface area contributed by atoms with Gasteiger partial charge in [0.2, 0.25) is 18.0 Å². The first-order chi connectivity index (χ1) is 12.7. The average Bonchev–Trinajstić information content (AvgIpc) is 2.58. The highest BCUT2D eigenvalue weighted by Gasteiger charge is 2.59. The monoisotopic (exact) mass is 400 g/mol. The third-order valence-electron chi connectivity index (χ3n) is 3.70. The van der Waals surface area contributed by atoms with Gasteiger partial charge in [-0.3, -0.25) is 14.9 Å². The van der Waals surface area contributed by atoms with Crippen molar-refractivity contribution >= 4 is 29.4 Å². The van der Waals surface area contributed by atoms with Gasteiger partial charge in [0.05, 0.1) is 19.1 Å². The molecule has 1 atom stereocenters. The molecule has 0 fully saturated rings. The molecule has 148 valence electrons. The maximum atomic E-state index is 12.8. The van der Waals surface area contributed by atoms with Crippen LogP contribution in [-0.4, -0.2) is 48.1 Å². The first-order valence-corrected chi connectivity index (χ1v) is 8.57. The van der Waals surface area contributed by atoms with Crippen LogP contribution in [0.5, 0.6) is 0 Å². The zero-order chi connectivity index (χ0) is 20.6. The highest BCUT2D eigenvalue weighted by molar-refractivity contribution is 6.31. The number of esters is 2. The number of halogens is 1. The second-order valence-corrected chi connectivity index (χ2v) is 5.93. The first-order valence-electron chi connectivity index (χ1n) is 8.20. The largest absolute Gasteiger partial charge is 0.464 e. The van der Waals surface area contributed by atoms with Crippen LogP contribution in [-0.2, 0) is 23.9 Å². The van der Waals surface area contributed by atoms with E-state index >= 15 is 0 Å².